The molecule has 1 aromatic rings. The van der Waals surface area contributed by atoms with Gasteiger partial charge in [0, 0.05) is 0 Å². The van der Waals surface area contributed by atoms with Crippen molar-refractivity contribution in [3.8, 4) is 5.75 Å². The van der Waals surface area contributed by atoms with Crippen molar-refractivity contribution in [2.75, 3.05) is 13.1 Å². The van der Waals surface area contributed by atoms with Crippen LogP contribution >= 0.6 is 0 Å². The van der Waals surface area contributed by atoms with E-state index in [1.165, 1.54) is 18.2 Å². The van der Waals surface area contributed by atoms with Crippen molar-refractivity contribution in [1.29, 1.82) is 0 Å². The molecule has 0 radical (unpaired) electrons. The average molecular weight is 265 g/mol. The second kappa shape index (κ2) is 6.46. The Kier molecular flexibility index (Phi) is 5.47. The molecule has 2 rings (SSSR count). The minimum absolute atomic E-state index is 0. The molecule has 0 saturated carbocycles. The zero-order valence-corrected chi connectivity index (χ0v) is 10.4. The number of benzene rings is 1. The van der Waals surface area contributed by atoms with Crippen LogP contribution in [0.3, 0.4) is 0 Å². The van der Waals surface area contributed by atoms with Crippen molar-refractivity contribution < 1.29 is 41.6 Å². The van der Waals surface area contributed by atoms with Crippen molar-refractivity contribution >= 4 is 6.29 Å². The number of alkyl halides is 3. The normalized spacial score (nSPS) is 17.0. The largest absolute Gasteiger partial charge is 1.00 e. The smallest absolute Gasteiger partial charge is 0.540 e. The van der Waals surface area contributed by atoms with Gasteiger partial charge in [-0.15, -0.1) is 13.2 Å². The Bertz CT molecular complexity index is 435. The van der Waals surface area contributed by atoms with Gasteiger partial charge in [0.15, 0.2) is 0 Å². The second-order valence-electron chi connectivity index (χ2n) is 4.03. The van der Waals surface area contributed by atoms with Gasteiger partial charge in [-0.25, -0.2) is 6.29 Å². The topological polar surface area (TPSA) is 29.5 Å². The Morgan fingerprint density at radius 2 is 2.00 bits per heavy atom. The Hall–Kier alpha value is -0.963. The minimum atomic E-state index is -4.73. The summed E-state index contributed by atoms with van der Waals surface area (Å²) in [7, 11) is 0. The first-order valence-electron chi connectivity index (χ1n) is 5.47. The van der Waals surface area contributed by atoms with Crippen LogP contribution in [-0.4, -0.2) is 30.6 Å². The van der Waals surface area contributed by atoms with E-state index in [9.17, 15) is 18.0 Å². The monoisotopic (exact) mass is 265 g/mol. The van der Waals surface area contributed by atoms with Gasteiger partial charge in [-0.2, -0.15) is 0 Å². The maximum Gasteiger partial charge on any atom is 1.00 e. The van der Waals surface area contributed by atoms with Gasteiger partial charge in [-0.1, -0.05) is 23.7 Å². The first-order valence-corrected chi connectivity index (χ1v) is 5.47. The fourth-order valence-electron chi connectivity index (χ4n) is 1.83. The number of ether oxygens (including phenoxy) is 1. The summed E-state index contributed by atoms with van der Waals surface area (Å²) in [6.07, 6.45) is -1.89. The average Bonchev–Trinajstić information content (AvgIpc) is 2.21. The van der Waals surface area contributed by atoms with E-state index in [-0.39, 0.29) is 24.6 Å². The zero-order chi connectivity index (χ0) is 13.2. The van der Waals surface area contributed by atoms with E-state index >= 15 is 0 Å². The van der Waals surface area contributed by atoms with Crippen LogP contribution in [0.5, 0.6) is 5.75 Å². The van der Waals surface area contributed by atoms with Crippen LogP contribution in [0, 0.1) is 0 Å². The predicted molar refractivity (Wildman–Crippen MR) is 57.7 cm³/mol. The molecule has 0 bridgehead atoms. The van der Waals surface area contributed by atoms with Crippen LogP contribution in [-0.2, 0) is 4.79 Å². The minimum Gasteiger partial charge on any atom is -0.540 e. The number of hydrogen-bond acceptors (Lipinski definition) is 3. The SMILES string of the molecule is O=[C-]C(c1cccc(OC(F)(F)F)c1)N1CCC1.[Li+]. The number of likely N-dealkylation sites (tertiary alicyclic amines) is 1. The Labute approximate surface area is 120 Å². The fourth-order valence-corrected chi connectivity index (χ4v) is 1.83. The van der Waals surface area contributed by atoms with Gasteiger partial charge < -0.3 is 14.4 Å². The maximum absolute atomic E-state index is 12.1. The van der Waals surface area contributed by atoms with Gasteiger partial charge in [-0.3, -0.25) is 0 Å². The first kappa shape index (κ1) is 16.1. The molecule has 0 spiro atoms. The third-order valence-corrected chi connectivity index (χ3v) is 2.77. The quantitative estimate of drug-likeness (QED) is 0.540. The number of carbonyl (C=O) groups excluding carboxylic acids is 1. The van der Waals surface area contributed by atoms with Crippen LogP contribution in [0.1, 0.15) is 18.0 Å². The van der Waals surface area contributed by atoms with Crippen LogP contribution < -0.4 is 23.6 Å². The summed E-state index contributed by atoms with van der Waals surface area (Å²) in [6, 6.07) is 4.84. The Morgan fingerprint density at radius 1 is 1.32 bits per heavy atom. The molecule has 0 aliphatic carbocycles. The van der Waals surface area contributed by atoms with E-state index in [0.29, 0.717) is 5.56 Å². The van der Waals surface area contributed by atoms with Crippen molar-refractivity contribution in [1.82, 2.24) is 4.90 Å². The van der Waals surface area contributed by atoms with Gasteiger partial charge in [0.05, 0.1) is 0 Å². The van der Waals surface area contributed by atoms with E-state index in [4.69, 9.17) is 0 Å². The van der Waals surface area contributed by atoms with Crippen LogP contribution in [0.4, 0.5) is 13.2 Å². The summed E-state index contributed by atoms with van der Waals surface area (Å²) in [6.45, 7) is 1.51. The summed E-state index contributed by atoms with van der Waals surface area (Å²) >= 11 is 0. The summed E-state index contributed by atoms with van der Waals surface area (Å²) in [5.41, 5.74) is 0.464. The molecule has 0 aromatic heterocycles. The van der Waals surface area contributed by atoms with Crippen molar-refractivity contribution in [3.05, 3.63) is 29.8 Å². The summed E-state index contributed by atoms with van der Waals surface area (Å²) in [4.78, 5) is 12.8. The third kappa shape index (κ3) is 4.27. The van der Waals surface area contributed by atoms with E-state index in [1.807, 2.05) is 11.2 Å². The van der Waals surface area contributed by atoms with E-state index in [1.54, 1.807) is 6.07 Å². The molecule has 1 aromatic carbocycles. The molecule has 98 valence electrons. The van der Waals surface area contributed by atoms with E-state index in [2.05, 4.69) is 4.74 Å². The van der Waals surface area contributed by atoms with Crippen molar-refractivity contribution in [2.24, 2.45) is 0 Å². The second-order valence-corrected chi connectivity index (χ2v) is 4.03. The number of rotatable bonds is 4. The molecule has 1 saturated heterocycles. The molecule has 1 aliphatic rings. The molecule has 7 heteroatoms. The molecule has 1 unspecified atom stereocenters. The Morgan fingerprint density at radius 3 is 2.47 bits per heavy atom. The number of hydrogen-bond donors (Lipinski definition) is 0. The van der Waals surface area contributed by atoms with Crippen molar-refractivity contribution in [2.45, 2.75) is 18.8 Å². The zero-order valence-electron chi connectivity index (χ0n) is 10.4. The van der Waals surface area contributed by atoms with Crippen LogP contribution in [0.2, 0.25) is 0 Å². The van der Waals surface area contributed by atoms with Crippen molar-refractivity contribution in [3.63, 3.8) is 0 Å². The molecular formula is C12H11F3LiNO2. The molecule has 1 aliphatic heterocycles. The van der Waals surface area contributed by atoms with E-state index < -0.39 is 12.4 Å². The molecule has 1 atom stereocenters. The molecular weight excluding hydrogens is 254 g/mol. The van der Waals surface area contributed by atoms with E-state index in [0.717, 1.165) is 19.5 Å². The Balaban J connectivity index is 0.00000180. The summed E-state index contributed by atoms with van der Waals surface area (Å²) in [5, 5.41) is 0. The van der Waals surface area contributed by atoms with Gasteiger partial charge in [0.25, 0.3) is 0 Å². The molecule has 0 N–H and O–H groups in total. The molecule has 19 heavy (non-hydrogen) atoms. The third-order valence-electron chi connectivity index (χ3n) is 2.77. The van der Waals surface area contributed by atoms with Gasteiger partial charge >= 0.3 is 25.2 Å². The standard InChI is InChI=1S/C12H11F3NO2.Li/c13-12(14,15)18-10-4-1-3-9(7-10)11(8-17)16-5-2-6-16;/h1,3-4,7,11H,2,5-6H2;/q-1;+1. The first-order chi connectivity index (χ1) is 8.49. The maximum atomic E-state index is 12.1. The molecule has 3 nitrogen and oxygen atoms in total. The van der Waals surface area contributed by atoms with Gasteiger partial charge in [-0.05, 0) is 31.6 Å². The predicted octanol–water partition coefficient (Wildman–Crippen LogP) is -0.554. The molecule has 1 heterocycles. The van der Waals surface area contributed by atoms with Gasteiger partial charge in [0.1, 0.15) is 5.75 Å². The number of halogens is 3. The molecule has 0 amide bonds. The fraction of sp³-hybridized carbons (Fsp3) is 0.417. The van der Waals surface area contributed by atoms with Crippen LogP contribution in [0.25, 0.3) is 0 Å². The van der Waals surface area contributed by atoms with Gasteiger partial charge in [0.2, 0.25) is 0 Å². The molecule has 1 fully saturated rings. The summed E-state index contributed by atoms with van der Waals surface area (Å²) < 4.78 is 40.1. The number of nitrogens with zero attached hydrogens (tertiary/aromatic N) is 1. The van der Waals surface area contributed by atoms with Crippen LogP contribution in [0.15, 0.2) is 24.3 Å². The summed E-state index contributed by atoms with van der Waals surface area (Å²) in [5.74, 6) is -0.319.